The molecule has 0 saturated carbocycles. The molecule has 2 aromatic rings. The number of nitrogens with one attached hydrogen (secondary N) is 1. The van der Waals surface area contributed by atoms with Crippen LogP contribution in [0.3, 0.4) is 0 Å². The Balaban J connectivity index is 1.67. The van der Waals surface area contributed by atoms with Crippen LogP contribution in [0.1, 0.15) is 37.7 Å². The summed E-state index contributed by atoms with van der Waals surface area (Å²) in [6.45, 7) is 4.60. The first-order valence-corrected chi connectivity index (χ1v) is 7.70. The van der Waals surface area contributed by atoms with Crippen LogP contribution in [0.15, 0.2) is 58.8 Å². The highest BCUT2D eigenvalue weighted by Gasteiger charge is 2.01. The Kier molecular flexibility index (Phi) is 5.95. The second-order valence-corrected chi connectivity index (χ2v) is 5.41. The molecule has 1 aromatic heterocycles. The SMILES string of the molecule is C=C(CCCCCCn1c(=O)cc[nH]c1=O)c1ccccc1. The molecule has 4 heteroatoms. The van der Waals surface area contributed by atoms with Gasteiger partial charge in [0.15, 0.2) is 0 Å². The molecular weight excluding hydrogens is 276 g/mol. The monoisotopic (exact) mass is 298 g/mol. The minimum absolute atomic E-state index is 0.235. The molecule has 1 N–H and O–H groups in total. The molecule has 0 bridgehead atoms. The molecule has 0 radical (unpaired) electrons. The van der Waals surface area contributed by atoms with Crippen LogP contribution in [0.2, 0.25) is 0 Å². The zero-order valence-electron chi connectivity index (χ0n) is 12.8. The highest BCUT2D eigenvalue weighted by molar-refractivity contribution is 5.62. The van der Waals surface area contributed by atoms with E-state index >= 15 is 0 Å². The van der Waals surface area contributed by atoms with Crippen LogP contribution in [0.4, 0.5) is 0 Å². The van der Waals surface area contributed by atoms with Crippen LogP contribution in [0.5, 0.6) is 0 Å². The predicted molar refractivity (Wildman–Crippen MR) is 89.9 cm³/mol. The summed E-state index contributed by atoms with van der Waals surface area (Å²) in [4.78, 5) is 25.6. The van der Waals surface area contributed by atoms with Crippen LogP contribution >= 0.6 is 0 Å². The molecule has 0 aliphatic carbocycles. The van der Waals surface area contributed by atoms with Crippen molar-refractivity contribution in [2.24, 2.45) is 0 Å². The van der Waals surface area contributed by atoms with Crippen molar-refractivity contribution < 1.29 is 0 Å². The van der Waals surface area contributed by atoms with Gasteiger partial charge < -0.3 is 4.98 Å². The molecule has 0 amide bonds. The van der Waals surface area contributed by atoms with Gasteiger partial charge in [0.25, 0.3) is 5.56 Å². The Labute approximate surface area is 130 Å². The number of hydrogen-bond donors (Lipinski definition) is 1. The van der Waals surface area contributed by atoms with Crippen LogP contribution in [-0.4, -0.2) is 9.55 Å². The maximum atomic E-state index is 11.5. The lowest BCUT2D eigenvalue weighted by Gasteiger charge is -2.06. The molecule has 1 aromatic carbocycles. The Hall–Kier alpha value is -2.36. The standard InChI is InChI=1S/C18H22N2O2/c1-15(16-10-6-4-7-11-16)9-5-2-3-8-14-20-17(21)12-13-19-18(20)22/h4,6-7,10-13H,1-3,5,8-9,14H2,(H,19,22). The highest BCUT2D eigenvalue weighted by atomic mass is 16.2. The molecular formula is C18H22N2O2. The summed E-state index contributed by atoms with van der Waals surface area (Å²) in [6, 6.07) is 11.6. The molecule has 4 nitrogen and oxygen atoms in total. The van der Waals surface area contributed by atoms with E-state index in [1.807, 2.05) is 18.2 Å². The minimum Gasteiger partial charge on any atom is -0.314 e. The van der Waals surface area contributed by atoms with Gasteiger partial charge in [0, 0.05) is 18.8 Å². The molecule has 116 valence electrons. The number of hydrogen-bond acceptors (Lipinski definition) is 2. The van der Waals surface area contributed by atoms with E-state index < -0.39 is 0 Å². The first-order valence-electron chi connectivity index (χ1n) is 7.70. The summed E-state index contributed by atoms with van der Waals surface area (Å²) >= 11 is 0. The molecule has 0 aliphatic heterocycles. The van der Waals surface area contributed by atoms with Crippen molar-refractivity contribution >= 4 is 5.57 Å². The Morgan fingerprint density at radius 3 is 2.45 bits per heavy atom. The first-order chi connectivity index (χ1) is 10.7. The number of aromatic nitrogens is 2. The topological polar surface area (TPSA) is 54.9 Å². The summed E-state index contributed by atoms with van der Waals surface area (Å²) in [5.74, 6) is 0. The van der Waals surface area contributed by atoms with Gasteiger partial charge in [-0.3, -0.25) is 9.36 Å². The van der Waals surface area contributed by atoms with E-state index in [9.17, 15) is 9.59 Å². The summed E-state index contributed by atoms with van der Waals surface area (Å²) in [5.41, 5.74) is 1.80. The largest absolute Gasteiger partial charge is 0.328 e. The van der Waals surface area contributed by atoms with E-state index in [0.29, 0.717) is 6.54 Å². The zero-order valence-corrected chi connectivity index (χ0v) is 12.8. The lowest BCUT2D eigenvalue weighted by atomic mass is 10.0. The molecule has 0 saturated heterocycles. The first kappa shape index (κ1) is 16.0. The van der Waals surface area contributed by atoms with Gasteiger partial charge in [0.2, 0.25) is 0 Å². The number of unbranched alkanes of at least 4 members (excludes halogenated alkanes) is 3. The number of H-pyrrole nitrogens is 1. The second kappa shape index (κ2) is 8.17. The second-order valence-electron chi connectivity index (χ2n) is 5.41. The van der Waals surface area contributed by atoms with Crippen molar-refractivity contribution in [1.29, 1.82) is 0 Å². The van der Waals surface area contributed by atoms with Gasteiger partial charge in [-0.2, -0.15) is 0 Å². The van der Waals surface area contributed by atoms with E-state index in [2.05, 4.69) is 23.7 Å². The van der Waals surface area contributed by atoms with Gasteiger partial charge in [-0.25, -0.2) is 4.79 Å². The summed E-state index contributed by atoms with van der Waals surface area (Å²) in [6.07, 6.45) is 6.36. The molecule has 0 atom stereocenters. The lowest BCUT2D eigenvalue weighted by molar-refractivity contribution is 0.546. The number of rotatable bonds is 8. The van der Waals surface area contributed by atoms with Gasteiger partial charge in [-0.1, -0.05) is 49.8 Å². The van der Waals surface area contributed by atoms with E-state index in [0.717, 1.165) is 37.7 Å². The average Bonchev–Trinajstić information content (AvgIpc) is 2.53. The molecule has 0 unspecified atom stereocenters. The molecule has 0 spiro atoms. The number of aromatic amines is 1. The summed E-state index contributed by atoms with van der Waals surface area (Å²) in [5, 5.41) is 0. The smallest absolute Gasteiger partial charge is 0.314 e. The number of benzene rings is 1. The summed E-state index contributed by atoms with van der Waals surface area (Å²) in [7, 11) is 0. The molecule has 2 rings (SSSR count). The third-order valence-electron chi connectivity index (χ3n) is 3.74. The maximum absolute atomic E-state index is 11.5. The van der Waals surface area contributed by atoms with Gasteiger partial charge in [-0.05, 0) is 30.4 Å². The molecule has 0 fully saturated rings. The van der Waals surface area contributed by atoms with Crippen LogP contribution in [0.25, 0.3) is 5.57 Å². The maximum Gasteiger partial charge on any atom is 0.328 e. The number of allylic oxidation sites excluding steroid dienone is 1. The normalized spacial score (nSPS) is 10.5. The van der Waals surface area contributed by atoms with E-state index in [1.165, 1.54) is 22.4 Å². The van der Waals surface area contributed by atoms with Crippen LogP contribution < -0.4 is 11.2 Å². The number of nitrogens with zero attached hydrogens (tertiary/aromatic N) is 1. The lowest BCUT2D eigenvalue weighted by Crippen LogP contribution is -2.33. The average molecular weight is 298 g/mol. The highest BCUT2D eigenvalue weighted by Crippen LogP contribution is 2.19. The van der Waals surface area contributed by atoms with Crippen molar-refractivity contribution in [2.75, 3.05) is 0 Å². The third kappa shape index (κ3) is 4.58. The van der Waals surface area contributed by atoms with Crippen molar-refractivity contribution in [3.05, 3.63) is 75.6 Å². The molecule has 0 aliphatic rings. The Morgan fingerprint density at radius 1 is 1.00 bits per heavy atom. The van der Waals surface area contributed by atoms with E-state index in [4.69, 9.17) is 0 Å². The van der Waals surface area contributed by atoms with Gasteiger partial charge in [0.05, 0.1) is 0 Å². The third-order valence-corrected chi connectivity index (χ3v) is 3.74. The van der Waals surface area contributed by atoms with Crippen molar-refractivity contribution in [1.82, 2.24) is 9.55 Å². The fourth-order valence-electron chi connectivity index (χ4n) is 2.44. The molecule has 1 heterocycles. The van der Waals surface area contributed by atoms with Gasteiger partial charge in [-0.15, -0.1) is 0 Å². The van der Waals surface area contributed by atoms with Crippen molar-refractivity contribution in [3.8, 4) is 0 Å². The fourth-order valence-corrected chi connectivity index (χ4v) is 2.44. The van der Waals surface area contributed by atoms with Crippen LogP contribution in [0, 0.1) is 0 Å². The van der Waals surface area contributed by atoms with Crippen molar-refractivity contribution in [2.45, 2.75) is 38.6 Å². The Bertz CT molecular complexity index is 685. The Morgan fingerprint density at radius 2 is 1.73 bits per heavy atom. The zero-order chi connectivity index (χ0) is 15.8. The van der Waals surface area contributed by atoms with E-state index in [1.54, 1.807) is 0 Å². The summed E-state index contributed by atoms with van der Waals surface area (Å²) < 4.78 is 1.25. The van der Waals surface area contributed by atoms with Gasteiger partial charge in [0.1, 0.15) is 0 Å². The predicted octanol–water partition coefficient (Wildman–Crippen LogP) is 3.20. The van der Waals surface area contributed by atoms with Gasteiger partial charge >= 0.3 is 5.69 Å². The fraction of sp³-hybridized carbons (Fsp3) is 0.333. The quantitative estimate of drug-likeness (QED) is 0.761. The van der Waals surface area contributed by atoms with Crippen LogP contribution in [-0.2, 0) is 6.54 Å². The minimum atomic E-state index is -0.329. The molecule has 22 heavy (non-hydrogen) atoms. The van der Waals surface area contributed by atoms with E-state index in [-0.39, 0.29) is 11.2 Å². The van der Waals surface area contributed by atoms with Crippen molar-refractivity contribution in [3.63, 3.8) is 0 Å².